The molecule has 0 bridgehead atoms. The molecule has 4 N–H and O–H groups in total. The molecule has 0 aromatic carbocycles. The average molecular weight is 147 g/mol. The predicted octanol–water partition coefficient (Wildman–Crippen LogP) is -0.897. The summed E-state index contributed by atoms with van der Waals surface area (Å²) < 4.78 is 0. The molecule has 0 aromatic heterocycles. The van der Waals surface area contributed by atoms with Gasteiger partial charge in [-0.05, 0) is 12.6 Å². The molecular formula is C6H13NO3. The topological polar surface area (TPSA) is 83.3 Å². The van der Waals surface area contributed by atoms with Crippen molar-refractivity contribution in [1.29, 1.82) is 0 Å². The van der Waals surface area contributed by atoms with Gasteiger partial charge in [0.05, 0.1) is 0 Å². The Morgan fingerprint density at radius 3 is 2.30 bits per heavy atom. The van der Waals surface area contributed by atoms with Gasteiger partial charge in [0.15, 0.2) is 0 Å². The lowest BCUT2D eigenvalue weighted by molar-refractivity contribution is -0.125. The van der Waals surface area contributed by atoms with Gasteiger partial charge in [-0.2, -0.15) is 0 Å². The van der Waals surface area contributed by atoms with Crippen LogP contribution in [0.15, 0.2) is 12.8 Å². The normalized spacial score (nSPS) is 15.6. The Morgan fingerprint density at radius 2 is 2.10 bits per heavy atom. The van der Waals surface area contributed by atoms with Crippen LogP contribution in [0.2, 0.25) is 0 Å². The molecule has 4 nitrogen and oxygen atoms in total. The van der Waals surface area contributed by atoms with Crippen LogP contribution in [0.1, 0.15) is 12.8 Å². The molecule has 0 saturated carbocycles. The van der Waals surface area contributed by atoms with Gasteiger partial charge < -0.3 is 15.9 Å². The molecule has 0 radical (unpaired) electrons. The predicted molar refractivity (Wildman–Crippen MR) is 38.4 cm³/mol. The molecular weight excluding hydrogens is 134 g/mol. The fraction of sp³-hybridized carbons (Fsp3) is 0.500. The van der Waals surface area contributed by atoms with Crippen molar-refractivity contribution in [2.24, 2.45) is 0 Å². The first kappa shape index (κ1) is 11.9. The number of likely N-dealkylation sites (tertiary alicyclic amines) is 1. The number of amides is 1. The molecule has 1 heterocycles. The van der Waals surface area contributed by atoms with Crippen LogP contribution in [0, 0.1) is 0 Å². The van der Waals surface area contributed by atoms with Crippen LogP contribution < -0.4 is 0 Å². The van der Waals surface area contributed by atoms with E-state index in [0.717, 1.165) is 13.0 Å². The minimum Gasteiger partial charge on any atom is -0.412 e. The van der Waals surface area contributed by atoms with Crippen LogP contribution in [-0.4, -0.2) is 28.3 Å². The van der Waals surface area contributed by atoms with Gasteiger partial charge in [-0.25, -0.2) is 0 Å². The van der Waals surface area contributed by atoms with E-state index in [4.69, 9.17) is 0 Å². The monoisotopic (exact) mass is 147 g/mol. The van der Waals surface area contributed by atoms with E-state index in [0.29, 0.717) is 6.42 Å². The SMILES string of the molecule is C=CN1CCCC1=O.O.O. The second-order valence-electron chi connectivity index (χ2n) is 1.87. The van der Waals surface area contributed by atoms with E-state index in [1.54, 1.807) is 11.1 Å². The zero-order chi connectivity index (χ0) is 5.98. The van der Waals surface area contributed by atoms with Crippen molar-refractivity contribution in [2.45, 2.75) is 12.8 Å². The Bertz CT molecular complexity index is 124. The van der Waals surface area contributed by atoms with Crippen LogP contribution in [0.3, 0.4) is 0 Å². The number of nitrogens with zero attached hydrogens (tertiary/aromatic N) is 1. The molecule has 0 aliphatic carbocycles. The Kier molecular flexibility index (Phi) is 5.89. The highest BCUT2D eigenvalue weighted by atomic mass is 16.2. The highest BCUT2D eigenvalue weighted by molar-refractivity contribution is 5.78. The van der Waals surface area contributed by atoms with Crippen molar-refractivity contribution in [1.82, 2.24) is 4.90 Å². The summed E-state index contributed by atoms with van der Waals surface area (Å²) in [5.74, 6) is 0.208. The first-order chi connectivity index (χ1) is 3.84. The minimum absolute atomic E-state index is 0. The Hall–Kier alpha value is -0.870. The van der Waals surface area contributed by atoms with Crippen molar-refractivity contribution in [3.05, 3.63) is 12.8 Å². The maximum Gasteiger partial charge on any atom is 0.226 e. The van der Waals surface area contributed by atoms with Gasteiger partial charge in [0.25, 0.3) is 0 Å². The lowest BCUT2D eigenvalue weighted by atomic mass is 10.4. The Balaban J connectivity index is 0. The van der Waals surface area contributed by atoms with E-state index in [1.165, 1.54) is 0 Å². The molecule has 10 heavy (non-hydrogen) atoms. The van der Waals surface area contributed by atoms with Crippen molar-refractivity contribution in [3.8, 4) is 0 Å². The summed E-state index contributed by atoms with van der Waals surface area (Å²) in [7, 11) is 0. The van der Waals surface area contributed by atoms with Crippen LogP contribution in [0.5, 0.6) is 0 Å². The van der Waals surface area contributed by atoms with Crippen LogP contribution >= 0.6 is 0 Å². The van der Waals surface area contributed by atoms with Gasteiger partial charge in [-0.3, -0.25) is 4.79 Å². The molecule has 0 spiro atoms. The summed E-state index contributed by atoms with van der Waals surface area (Å²) in [5, 5.41) is 0. The smallest absolute Gasteiger partial charge is 0.226 e. The minimum atomic E-state index is 0. The summed E-state index contributed by atoms with van der Waals surface area (Å²) in [6.45, 7) is 4.36. The fourth-order valence-electron chi connectivity index (χ4n) is 0.862. The third-order valence-electron chi connectivity index (χ3n) is 1.33. The second-order valence-corrected chi connectivity index (χ2v) is 1.87. The van der Waals surface area contributed by atoms with Crippen molar-refractivity contribution in [2.75, 3.05) is 6.54 Å². The van der Waals surface area contributed by atoms with E-state index < -0.39 is 0 Å². The first-order valence-electron chi connectivity index (χ1n) is 2.76. The standard InChI is InChI=1S/C6H9NO.2H2O/c1-2-7-5-3-4-6(7)8;;/h2H,1,3-5H2;2*1H2. The molecule has 0 atom stereocenters. The summed E-state index contributed by atoms with van der Waals surface area (Å²) in [6.07, 6.45) is 3.28. The molecule has 0 aromatic rings. The van der Waals surface area contributed by atoms with Gasteiger partial charge in [0, 0.05) is 13.0 Å². The van der Waals surface area contributed by atoms with Crippen LogP contribution in [0.25, 0.3) is 0 Å². The van der Waals surface area contributed by atoms with Gasteiger partial charge >= 0.3 is 0 Å². The zero-order valence-electron chi connectivity index (χ0n) is 5.76. The highest BCUT2D eigenvalue weighted by Gasteiger charge is 2.15. The van der Waals surface area contributed by atoms with Crippen molar-refractivity contribution in [3.63, 3.8) is 0 Å². The number of hydrogen-bond acceptors (Lipinski definition) is 1. The van der Waals surface area contributed by atoms with Crippen LogP contribution in [-0.2, 0) is 4.79 Å². The first-order valence-corrected chi connectivity index (χ1v) is 2.76. The van der Waals surface area contributed by atoms with E-state index in [-0.39, 0.29) is 16.9 Å². The van der Waals surface area contributed by atoms with Crippen molar-refractivity contribution < 1.29 is 15.7 Å². The fourth-order valence-corrected chi connectivity index (χ4v) is 0.862. The molecule has 1 rings (SSSR count). The lowest BCUT2D eigenvalue weighted by Crippen LogP contribution is -2.16. The summed E-state index contributed by atoms with van der Waals surface area (Å²) in [6, 6.07) is 0. The Morgan fingerprint density at radius 1 is 1.50 bits per heavy atom. The number of carbonyl (C=O) groups is 1. The highest BCUT2D eigenvalue weighted by Crippen LogP contribution is 2.08. The van der Waals surface area contributed by atoms with E-state index in [2.05, 4.69) is 6.58 Å². The second kappa shape index (κ2) is 4.96. The van der Waals surface area contributed by atoms with Gasteiger partial charge in [0.1, 0.15) is 0 Å². The Labute approximate surface area is 59.8 Å². The molecule has 1 aliphatic heterocycles. The van der Waals surface area contributed by atoms with Crippen LogP contribution in [0.4, 0.5) is 0 Å². The summed E-state index contributed by atoms with van der Waals surface area (Å²) in [5.41, 5.74) is 0. The van der Waals surface area contributed by atoms with E-state index >= 15 is 0 Å². The van der Waals surface area contributed by atoms with E-state index in [1.807, 2.05) is 0 Å². The van der Waals surface area contributed by atoms with Gasteiger partial charge in [0.2, 0.25) is 5.91 Å². The lowest BCUT2D eigenvalue weighted by Gasteiger charge is -2.05. The number of carbonyl (C=O) groups excluding carboxylic acids is 1. The molecule has 1 fully saturated rings. The quantitative estimate of drug-likeness (QED) is 0.473. The third-order valence-corrected chi connectivity index (χ3v) is 1.33. The molecule has 1 aliphatic rings. The number of rotatable bonds is 1. The molecule has 1 saturated heterocycles. The van der Waals surface area contributed by atoms with Gasteiger partial charge in [-0.15, -0.1) is 0 Å². The maximum atomic E-state index is 10.7. The van der Waals surface area contributed by atoms with Gasteiger partial charge in [-0.1, -0.05) is 6.58 Å². The summed E-state index contributed by atoms with van der Waals surface area (Å²) in [4.78, 5) is 12.3. The van der Waals surface area contributed by atoms with Crippen molar-refractivity contribution >= 4 is 5.91 Å². The molecule has 60 valence electrons. The number of hydrogen-bond donors (Lipinski definition) is 0. The average Bonchev–Trinajstić information content (AvgIpc) is 2.14. The maximum absolute atomic E-state index is 10.7. The molecule has 1 amide bonds. The van der Waals surface area contributed by atoms with E-state index in [9.17, 15) is 4.79 Å². The zero-order valence-corrected chi connectivity index (χ0v) is 5.76. The molecule has 4 heteroatoms. The third kappa shape index (κ3) is 2.16. The molecule has 0 unspecified atom stereocenters. The largest absolute Gasteiger partial charge is 0.412 e. The summed E-state index contributed by atoms with van der Waals surface area (Å²) >= 11 is 0.